The van der Waals surface area contributed by atoms with E-state index in [1.165, 1.54) is 23.0 Å². The summed E-state index contributed by atoms with van der Waals surface area (Å²) >= 11 is 12.9. The third-order valence-electron chi connectivity index (χ3n) is 6.37. The van der Waals surface area contributed by atoms with E-state index in [0.29, 0.717) is 38.6 Å². The molecule has 0 aliphatic carbocycles. The van der Waals surface area contributed by atoms with Gasteiger partial charge in [0.15, 0.2) is 17.2 Å². The molecule has 0 radical (unpaired) electrons. The van der Waals surface area contributed by atoms with E-state index in [9.17, 15) is 4.79 Å². The van der Waals surface area contributed by atoms with Crippen LogP contribution >= 0.6 is 23.2 Å². The molecule has 7 nitrogen and oxygen atoms in total. The molecule has 0 amide bonds. The minimum absolute atomic E-state index is 0.0785. The molecule has 0 bridgehead atoms. The van der Waals surface area contributed by atoms with Crippen molar-refractivity contribution in [1.82, 2.24) is 19.6 Å². The van der Waals surface area contributed by atoms with Gasteiger partial charge in [0.05, 0.1) is 27.5 Å². The van der Waals surface area contributed by atoms with Gasteiger partial charge in [-0.1, -0.05) is 53.5 Å². The predicted octanol–water partition coefficient (Wildman–Crippen LogP) is 6.63. The molecule has 6 aromatic rings. The molecular weight excluding hydrogens is 518 g/mol. The minimum atomic E-state index is -1.03. The molecule has 0 fully saturated rings. The van der Waals surface area contributed by atoms with E-state index in [1.54, 1.807) is 48.5 Å². The molecule has 37 heavy (non-hydrogen) atoms. The lowest BCUT2D eigenvalue weighted by molar-refractivity contribution is 0.420. The zero-order valence-electron chi connectivity index (χ0n) is 18.7. The van der Waals surface area contributed by atoms with E-state index in [4.69, 9.17) is 37.3 Å². The summed E-state index contributed by atoms with van der Waals surface area (Å²) in [6, 6.07) is 18.4. The minimum Gasteiger partial charge on any atom is -0.437 e. The average Bonchev–Trinajstić information content (AvgIpc) is 3.33. The standard InChI is InChI=1S/C27H13Cl2FN4O3/c28-15-8-3-1-6-13(15)24-32-25-22-20(19-16(29)9-5-10-17(19)30)21-23(37-26(22)31-12-34(25)33-24)14-7-2-4-11-18(14)36-27(21)35/h1-12,20H. The van der Waals surface area contributed by atoms with Crippen molar-refractivity contribution in [1.29, 1.82) is 0 Å². The quantitative estimate of drug-likeness (QED) is 0.233. The Hall–Kier alpha value is -4.27. The Morgan fingerprint density at radius 2 is 1.68 bits per heavy atom. The molecule has 1 aliphatic rings. The highest BCUT2D eigenvalue weighted by Crippen LogP contribution is 2.50. The van der Waals surface area contributed by atoms with Gasteiger partial charge in [0.25, 0.3) is 0 Å². The van der Waals surface area contributed by atoms with Gasteiger partial charge in [-0.25, -0.2) is 23.7 Å². The molecule has 0 saturated carbocycles. The summed E-state index contributed by atoms with van der Waals surface area (Å²) in [4.78, 5) is 22.6. The number of para-hydroxylation sites is 1. The molecule has 0 N–H and O–H groups in total. The van der Waals surface area contributed by atoms with E-state index in [2.05, 4.69) is 10.1 Å². The molecule has 3 aromatic heterocycles. The molecule has 1 unspecified atom stereocenters. The number of fused-ring (bicyclic) bond motifs is 6. The van der Waals surface area contributed by atoms with Gasteiger partial charge in [-0.3, -0.25) is 0 Å². The largest absolute Gasteiger partial charge is 0.437 e. The maximum absolute atomic E-state index is 15.5. The van der Waals surface area contributed by atoms with Gasteiger partial charge < -0.3 is 9.15 Å². The second kappa shape index (κ2) is 8.12. The van der Waals surface area contributed by atoms with E-state index >= 15 is 4.39 Å². The van der Waals surface area contributed by atoms with Crippen LogP contribution in [0.25, 0.3) is 28.0 Å². The summed E-state index contributed by atoms with van der Waals surface area (Å²) < 4.78 is 28.7. The van der Waals surface area contributed by atoms with Gasteiger partial charge in [-0.2, -0.15) is 0 Å². The third-order valence-corrected chi connectivity index (χ3v) is 7.02. The van der Waals surface area contributed by atoms with Crippen molar-refractivity contribution < 1.29 is 13.5 Å². The summed E-state index contributed by atoms with van der Waals surface area (Å²) in [5.41, 5.74) is 1.06. The first-order chi connectivity index (χ1) is 18.0. The molecule has 7 rings (SSSR count). The van der Waals surface area contributed by atoms with E-state index < -0.39 is 17.4 Å². The van der Waals surface area contributed by atoms with Crippen molar-refractivity contribution in [3.8, 4) is 23.0 Å². The van der Waals surface area contributed by atoms with Crippen molar-refractivity contribution in [2.24, 2.45) is 0 Å². The Balaban J connectivity index is 1.59. The summed E-state index contributed by atoms with van der Waals surface area (Å²) in [6.45, 7) is 0. The molecule has 10 heteroatoms. The maximum Gasteiger partial charge on any atom is 0.344 e. The lowest BCUT2D eigenvalue weighted by atomic mass is 9.83. The number of aromatic nitrogens is 4. The number of benzene rings is 3. The number of hydrogen-bond donors (Lipinski definition) is 0. The Morgan fingerprint density at radius 1 is 0.892 bits per heavy atom. The predicted molar refractivity (Wildman–Crippen MR) is 136 cm³/mol. The fourth-order valence-electron chi connectivity index (χ4n) is 4.76. The van der Waals surface area contributed by atoms with Crippen LogP contribution in [-0.4, -0.2) is 19.6 Å². The van der Waals surface area contributed by atoms with Crippen molar-refractivity contribution in [2.45, 2.75) is 5.92 Å². The third kappa shape index (κ3) is 3.26. The Morgan fingerprint density at radius 3 is 2.51 bits per heavy atom. The number of nitrogens with zero attached hydrogens (tertiary/aromatic N) is 4. The summed E-state index contributed by atoms with van der Waals surface area (Å²) in [5.74, 6) is -0.926. The van der Waals surface area contributed by atoms with E-state index in [-0.39, 0.29) is 27.8 Å². The van der Waals surface area contributed by atoms with Crippen LogP contribution in [0.5, 0.6) is 11.6 Å². The number of ether oxygens (including phenoxy) is 1. The first-order valence-corrected chi connectivity index (χ1v) is 11.9. The SMILES string of the molecule is O=c1oc2ccccc2c2c1C(c1c(F)cccc1Cl)c1c(ncn3nc(-c4ccccc4Cl)nc13)O2. The summed E-state index contributed by atoms with van der Waals surface area (Å²) in [6.07, 6.45) is 1.44. The maximum atomic E-state index is 15.5. The highest BCUT2D eigenvalue weighted by molar-refractivity contribution is 6.33. The van der Waals surface area contributed by atoms with Crippen molar-refractivity contribution >= 4 is 39.8 Å². The molecular formula is C27H13Cl2FN4O3. The highest BCUT2D eigenvalue weighted by atomic mass is 35.5. The lowest BCUT2D eigenvalue weighted by Crippen LogP contribution is -2.23. The zero-order chi connectivity index (χ0) is 25.3. The van der Waals surface area contributed by atoms with Crippen LogP contribution in [0.2, 0.25) is 10.0 Å². The van der Waals surface area contributed by atoms with Gasteiger partial charge in [0, 0.05) is 16.1 Å². The first kappa shape index (κ1) is 22.0. The van der Waals surface area contributed by atoms with Crippen LogP contribution < -0.4 is 10.4 Å². The number of hydrogen-bond acceptors (Lipinski definition) is 6. The van der Waals surface area contributed by atoms with Crippen molar-refractivity contribution in [3.05, 3.63) is 116 Å². The van der Waals surface area contributed by atoms with E-state index in [1.807, 2.05) is 6.07 Å². The van der Waals surface area contributed by atoms with Crippen LogP contribution in [0.3, 0.4) is 0 Å². The number of rotatable bonds is 2. The van der Waals surface area contributed by atoms with Crippen LogP contribution in [0, 0.1) is 5.82 Å². The van der Waals surface area contributed by atoms with Crippen LogP contribution in [0.15, 0.2) is 82.3 Å². The molecule has 0 spiro atoms. The highest BCUT2D eigenvalue weighted by Gasteiger charge is 2.39. The zero-order valence-corrected chi connectivity index (χ0v) is 20.2. The van der Waals surface area contributed by atoms with Crippen LogP contribution in [-0.2, 0) is 0 Å². The van der Waals surface area contributed by atoms with Crippen molar-refractivity contribution in [3.63, 3.8) is 0 Å². The molecule has 4 heterocycles. The van der Waals surface area contributed by atoms with Gasteiger partial charge in [-0.05, 0) is 36.4 Å². The number of halogens is 3. The van der Waals surface area contributed by atoms with Gasteiger partial charge in [-0.15, -0.1) is 5.10 Å². The van der Waals surface area contributed by atoms with Crippen LogP contribution in [0.4, 0.5) is 4.39 Å². The normalized spacial score (nSPS) is 14.4. The monoisotopic (exact) mass is 530 g/mol. The molecule has 3 aromatic carbocycles. The van der Waals surface area contributed by atoms with Gasteiger partial charge in [0.2, 0.25) is 5.88 Å². The van der Waals surface area contributed by atoms with Gasteiger partial charge >= 0.3 is 5.63 Å². The lowest BCUT2D eigenvalue weighted by Gasteiger charge is -2.28. The molecule has 0 saturated heterocycles. The van der Waals surface area contributed by atoms with Crippen molar-refractivity contribution in [2.75, 3.05) is 0 Å². The summed E-state index contributed by atoms with van der Waals surface area (Å²) in [7, 11) is 0. The molecule has 1 atom stereocenters. The average molecular weight is 531 g/mol. The van der Waals surface area contributed by atoms with Crippen LogP contribution in [0.1, 0.15) is 22.6 Å². The fraction of sp³-hybridized carbons (Fsp3) is 0.0370. The first-order valence-electron chi connectivity index (χ1n) is 11.2. The Bertz CT molecular complexity index is 1930. The van der Waals surface area contributed by atoms with Gasteiger partial charge in [0.1, 0.15) is 17.7 Å². The second-order valence-corrected chi connectivity index (χ2v) is 9.26. The Labute approximate surface area is 217 Å². The molecule has 180 valence electrons. The topological polar surface area (TPSA) is 82.5 Å². The van der Waals surface area contributed by atoms with E-state index in [0.717, 1.165) is 0 Å². The summed E-state index contributed by atoms with van der Waals surface area (Å²) in [5, 5.41) is 5.66. The smallest absolute Gasteiger partial charge is 0.344 e. The Kier molecular flexibility index (Phi) is 4.82. The molecule has 1 aliphatic heterocycles. The second-order valence-electron chi connectivity index (χ2n) is 8.45. The fourth-order valence-corrected chi connectivity index (χ4v) is 5.25.